The van der Waals surface area contributed by atoms with Gasteiger partial charge < -0.3 is 19.7 Å². The van der Waals surface area contributed by atoms with Crippen molar-refractivity contribution in [1.82, 2.24) is 10.1 Å². The summed E-state index contributed by atoms with van der Waals surface area (Å²) in [6.45, 7) is 0. The second-order valence-electron chi connectivity index (χ2n) is 3.72. The maximum absolute atomic E-state index is 5.43. The summed E-state index contributed by atoms with van der Waals surface area (Å²) >= 11 is 4.79. The third-order valence-electron chi connectivity index (χ3n) is 2.44. The van der Waals surface area contributed by atoms with Crippen molar-refractivity contribution < 1.29 is 14.0 Å². The highest BCUT2D eigenvalue weighted by Crippen LogP contribution is 2.31. The summed E-state index contributed by atoms with van der Waals surface area (Å²) in [6, 6.07) is 5.34. The molecular formula is C12H13N3O3S. The first-order chi connectivity index (χ1) is 9.13. The number of nitrogens with two attached hydrogens (primary N) is 1. The molecule has 7 heteroatoms. The van der Waals surface area contributed by atoms with Crippen LogP contribution in [0.1, 0.15) is 5.89 Å². The second-order valence-corrected chi connectivity index (χ2v) is 4.25. The number of thiocarbonyl (C=S) groups is 1. The van der Waals surface area contributed by atoms with Crippen LogP contribution in [0.2, 0.25) is 0 Å². The van der Waals surface area contributed by atoms with E-state index in [4.69, 9.17) is 31.9 Å². The molecular weight excluding hydrogens is 266 g/mol. The molecule has 0 unspecified atom stereocenters. The monoisotopic (exact) mass is 279 g/mol. The lowest BCUT2D eigenvalue weighted by molar-refractivity contribution is 0.386. The van der Waals surface area contributed by atoms with Crippen molar-refractivity contribution in [1.29, 1.82) is 0 Å². The summed E-state index contributed by atoms with van der Waals surface area (Å²) in [7, 11) is 3.15. The number of nitrogens with zero attached hydrogens (tertiary/aromatic N) is 2. The van der Waals surface area contributed by atoms with E-state index < -0.39 is 0 Å². The van der Waals surface area contributed by atoms with E-state index in [1.807, 2.05) is 0 Å². The average molecular weight is 279 g/mol. The molecule has 2 aromatic rings. The van der Waals surface area contributed by atoms with Crippen molar-refractivity contribution in [3.8, 4) is 22.9 Å². The Bertz CT molecular complexity index is 598. The zero-order valence-corrected chi connectivity index (χ0v) is 11.4. The zero-order valence-electron chi connectivity index (χ0n) is 10.5. The molecule has 19 heavy (non-hydrogen) atoms. The summed E-state index contributed by atoms with van der Waals surface area (Å²) < 4.78 is 15.5. The highest BCUT2D eigenvalue weighted by Gasteiger charge is 2.14. The van der Waals surface area contributed by atoms with E-state index in [1.165, 1.54) is 0 Å². The van der Waals surface area contributed by atoms with Crippen LogP contribution in [0.3, 0.4) is 0 Å². The first kappa shape index (κ1) is 13.3. The summed E-state index contributed by atoms with van der Waals surface area (Å²) in [5.41, 5.74) is 6.14. The number of rotatable bonds is 5. The Kier molecular flexibility index (Phi) is 3.96. The summed E-state index contributed by atoms with van der Waals surface area (Å²) in [5.74, 6) is 2.08. The molecule has 0 aliphatic heterocycles. The Hall–Kier alpha value is -2.15. The van der Waals surface area contributed by atoms with Crippen molar-refractivity contribution >= 4 is 17.2 Å². The van der Waals surface area contributed by atoms with Gasteiger partial charge in [-0.2, -0.15) is 4.98 Å². The predicted molar refractivity (Wildman–Crippen MR) is 73.3 cm³/mol. The van der Waals surface area contributed by atoms with E-state index in [0.717, 1.165) is 0 Å². The normalized spacial score (nSPS) is 10.2. The predicted octanol–water partition coefficient (Wildman–Crippen LogP) is 1.58. The average Bonchev–Trinajstić information content (AvgIpc) is 2.85. The zero-order chi connectivity index (χ0) is 13.8. The SMILES string of the molecule is COc1ccc(-c2noc(CC(N)=S)n2)c(OC)c1. The fraction of sp³-hybridized carbons (Fsp3) is 0.250. The van der Waals surface area contributed by atoms with Crippen LogP contribution in [-0.2, 0) is 6.42 Å². The molecule has 1 heterocycles. The van der Waals surface area contributed by atoms with Crippen molar-refractivity contribution in [3.05, 3.63) is 24.1 Å². The van der Waals surface area contributed by atoms with E-state index in [-0.39, 0.29) is 6.42 Å². The van der Waals surface area contributed by atoms with E-state index in [2.05, 4.69) is 10.1 Å². The molecule has 1 aromatic heterocycles. The van der Waals surface area contributed by atoms with Crippen LogP contribution in [0.4, 0.5) is 0 Å². The van der Waals surface area contributed by atoms with Gasteiger partial charge in [-0.15, -0.1) is 0 Å². The van der Waals surface area contributed by atoms with Gasteiger partial charge >= 0.3 is 0 Å². The van der Waals surface area contributed by atoms with Gasteiger partial charge in [0.1, 0.15) is 11.5 Å². The van der Waals surface area contributed by atoms with E-state index in [9.17, 15) is 0 Å². The summed E-state index contributed by atoms with van der Waals surface area (Å²) in [4.78, 5) is 4.52. The molecule has 0 radical (unpaired) electrons. The third-order valence-corrected chi connectivity index (χ3v) is 2.59. The largest absolute Gasteiger partial charge is 0.497 e. The third kappa shape index (κ3) is 3.00. The topological polar surface area (TPSA) is 83.4 Å². The van der Waals surface area contributed by atoms with Crippen molar-refractivity contribution in [2.24, 2.45) is 5.73 Å². The minimum absolute atomic E-state index is 0.279. The van der Waals surface area contributed by atoms with Gasteiger partial charge in [-0.3, -0.25) is 0 Å². The Morgan fingerprint density at radius 3 is 2.79 bits per heavy atom. The Morgan fingerprint density at radius 1 is 1.37 bits per heavy atom. The van der Waals surface area contributed by atoms with Crippen molar-refractivity contribution in [2.75, 3.05) is 14.2 Å². The fourth-order valence-electron chi connectivity index (χ4n) is 1.57. The van der Waals surface area contributed by atoms with Crippen LogP contribution < -0.4 is 15.2 Å². The Labute approximate surface area is 115 Å². The maximum Gasteiger partial charge on any atom is 0.233 e. The standard InChI is InChI=1S/C12H13N3O3S/c1-16-7-3-4-8(9(5-7)17-2)12-14-11(18-15-12)6-10(13)19/h3-5H,6H2,1-2H3,(H2,13,19). The number of hydrogen-bond donors (Lipinski definition) is 1. The Morgan fingerprint density at radius 2 is 2.16 bits per heavy atom. The number of ether oxygens (including phenoxy) is 2. The van der Waals surface area contributed by atoms with Crippen LogP contribution in [0.5, 0.6) is 11.5 Å². The van der Waals surface area contributed by atoms with Gasteiger partial charge in [0.05, 0.1) is 31.2 Å². The smallest absolute Gasteiger partial charge is 0.233 e. The van der Waals surface area contributed by atoms with Crippen LogP contribution >= 0.6 is 12.2 Å². The first-order valence-electron chi connectivity index (χ1n) is 5.47. The molecule has 0 fully saturated rings. The Balaban J connectivity index is 2.35. The summed E-state index contributed by atoms with van der Waals surface area (Å²) in [5, 5.41) is 3.88. The quantitative estimate of drug-likeness (QED) is 0.832. The minimum atomic E-state index is 0.279. The van der Waals surface area contributed by atoms with Crippen LogP contribution in [0.25, 0.3) is 11.4 Å². The highest BCUT2D eigenvalue weighted by atomic mass is 32.1. The van der Waals surface area contributed by atoms with Crippen LogP contribution in [0.15, 0.2) is 22.7 Å². The molecule has 100 valence electrons. The molecule has 0 amide bonds. The van der Waals surface area contributed by atoms with Gasteiger partial charge in [0.2, 0.25) is 11.7 Å². The van der Waals surface area contributed by atoms with Gasteiger partial charge in [0.25, 0.3) is 0 Å². The number of methoxy groups -OCH3 is 2. The number of aromatic nitrogens is 2. The van der Waals surface area contributed by atoms with Gasteiger partial charge in [0, 0.05) is 6.07 Å². The molecule has 2 rings (SSSR count). The van der Waals surface area contributed by atoms with Gasteiger partial charge in [-0.25, -0.2) is 0 Å². The second kappa shape index (κ2) is 5.66. The maximum atomic E-state index is 5.43. The molecule has 0 saturated carbocycles. The van der Waals surface area contributed by atoms with E-state index in [0.29, 0.717) is 33.8 Å². The number of hydrogen-bond acceptors (Lipinski definition) is 6. The number of benzene rings is 1. The minimum Gasteiger partial charge on any atom is -0.497 e. The van der Waals surface area contributed by atoms with Gasteiger partial charge in [0.15, 0.2) is 0 Å². The summed E-state index contributed by atoms with van der Waals surface area (Å²) in [6.07, 6.45) is 0.279. The lowest BCUT2D eigenvalue weighted by Crippen LogP contribution is -2.11. The molecule has 0 atom stereocenters. The van der Waals surface area contributed by atoms with E-state index >= 15 is 0 Å². The molecule has 0 spiro atoms. The van der Waals surface area contributed by atoms with Crippen molar-refractivity contribution in [3.63, 3.8) is 0 Å². The lowest BCUT2D eigenvalue weighted by atomic mass is 10.2. The molecule has 0 saturated heterocycles. The molecule has 2 N–H and O–H groups in total. The van der Waals surface area contributed by atoms with Crippen molar-refractivity contribution in [2.45, 2.75) is 6.42 Å². The van der Waals surface area contributed by atoms with Crippen LogP contribution in [0, 0.1) is 0 Å². The van der Waals surface area contributed by atoms with E-state index in [1.54, 1.807) is 32.4 Å². The molecule has 6 nitrogen and oxygen atoms in total. The first-order valence-corrected chi connectivity index (χ1v) is 5.88. The molecule has 0 bridgehead atoms. The van der Waals surface area contributed by atoms with Crippen LogP contribution in [-0.4, -0.2) is 29.3 Å². The van der Waals surface area contributed by atoms with Gasteiger partial charge in [-0.1, -0.05) is 17.4 Å². The lowest BCUT2D eigenvalue weighted by Gasteiger charge is -2.07. The molecule has 0 aliphatic rings. The molecule has 0 aliphatic carbocycles. The molecule has 1 aromatic carbocycles. The highest BCUT2D eigenvalue weighted by molar-refractivity contribution is 7.80. The van der Waals surface area contributed by atoms with Gasteiger partial charge in [-0.05, 0) is 12.1 Å². The fourth-order valence-corrected chi connectivity index (χ4v) is 1.69.